The molecule has 1 aliphatic carbocycles. The molecule has 0 N–H and O–H groups in total. The van der Waals surface area contributed by atoms with E-state index < -0.39 is 0 Å². The van der Waals surface area contributed by atoms with E-state index in [9.17, 15) is 0 Å². The summed E-state index contributed by atoms with van der Waals surface area (Å²) in [7, 11) is 0. The van der Waals surface area contributed by atoms with E-state index in [4.69, 9.17) is 0 Å². The Morgan fingerprint density at radius 2 is 2.17 bits per heavy atom. The van der Waals surface area contributed by atoms with Crippen LogP contribution in [0.3, 0.4) is 0 Å². The maximum absolute atomic E-state index is 2.43. The molecule has 0 spiro atoms. The molecule has 0 radical (unpaired) electrons. The minimum Gasteiger partial charge on any atom is -0.0877 e. The lowest BCUT2D eigenvalue weighted by Gasteiger charge is -2.34. The van der Waals surface area contributed by atoms with E-state index in [1.165, 1.54) is 19.3 Å². The molecule has 0 aromatic carbocycles. The van der Waals surface area contributed by atoms with Gasteiger partial charge in [0.1, 0.15) is 0 Å². The molecule has 0 heteroatoms. The van der Waals surface area contributed by atoms with Gasteiger partial charge in [-0.2, -0.15) is 0 Å². The fraction of sp³-hybridized carbons (Fsp3) is 0.833. The van der Waals surface area contributed by atoms with Gasteiger partial charge in [-0.05, 0) is 30.1 Å². The second kappa shape index (κ2) is 3.64. The van der Waals surface area contributed by atoms with Crippen LogP contribution in [-0.2, 0) is 0 Å². The lowest BCUT2D eigenvalue weighted by atomic mass is 9.72. The standard InChI is InChI=1S/C12H22/c1-5-10(2)11-7-6-8-12(3,4)9-11/h6-7,10-11H,5,8-9H2,1-4H3. The first-order chi connectivity index (χ1) is 5.55. The average molecular weight is 166 g/mol. The first-order valence-electron chi connectivity index (χ1n) is 5.22. The van der Waals surface area contributed by atoms with Gasteiger partial charge in [0.05, 0.1) is 0 Å². The number of hydrogen-bond donors (Lipinski definition) is 0. The van der Waals surface area contributed by atoms with Crippen molar-refractivity contribution in [1.82, 2.24) is 0 Å². The van der Waals surface area contributed by atoms with E-state index >= 15 is 0 Å². The van der Waals surface area contributed by atoms with Gasteiger partial charge in [-0.25, -0.2) is 0 Å². The van der Waals surface area contributed by atoms with Crippen molar-refractivity contribution in [3.8, 4) is 0 Å². The molecular weight excluding hydrogens is 144 g/mol. The van der Waals surface area contributed by atoms with Gasteiger partial charge in [0, 0.05) is 0 Å². The second-order valence-corrected chi connectivity index (χ2v) is 5.05. The van der Waals surface area contributed by atoms with Crippen molar-refractivity contribution in [1.29, 1.82) is 0 Å². The zero-order valence-corrected chi connectivity index (χ0v) is 8.93. The highest BCUT2D eigenvalue weighted by molar-refractivity contribution is 5.00. The van der Waals surface area contributed by atoms with Crippen molar-refractivity contribution >= 4 is 0 Å². The van der Waals surface area contributed by atoms with Crippen molar-refractivity contribution in [3.63, 3.8) is 0 Å². The Morgan fingerprint density at radius 1 is 1.50 bits per heavy atom. The molecule has 0 aromatic heterocycles. The summed E-state index contributed by atoms with van der Waals surface area (Å²) in [5.74, 6) is 1.69. The normalized spacial score (nSPS) is 30.2. The second-order valence-electron chi connectivity index (χ2n) is 5.05. The Bertz CT molecular complexity index is 165. The minimum absolute atomic E-state index is 0.544. The molecule has 12 heavy (non-hydrogen) atoms. The van der Waals surface area contributed by atoms with E-state index in [2.05, 4.69) is 39.8 Å². The summed E-state index contributed by atoms with van der Waals surface area (Å²) in [6.07, 6.45) is 8.75. The number of hydrogen-bond acceptors (Lipinski definition) is 0. The molecule has 0 amide bonds. The predicted octanol–water partition coefficient (Wildman–Crippen LogP) is 4.02. The third-order valence-corrected chi connectivity index (χ3v) is 3.22. The van der Waals surface area contributed by atoms with Crippen LogP contribution in [0.4, 0.5) is 0 Å². The average Bonchev–Trinajstić information content (AvgIpc) is 2.01. The van der Waals surface area contributed by atoms with Gasteiger partial charge in [0.25, 0.3) is 0 Å². The molecule has 1 aliphatic rings. The molecule has 0 aliphatic heterocycles. The Labute approximate surface area is 77.1 Å². The van der Waals surface area contributed by atoms with Crippen LogP contribution in [0.2, 0.25) is 0 Å². The van der Waals surface area contributed by atoms with Crippen molar-refractivity contribution < 1.29 is 0 Å². The van der Waals surface area contributed by atoms with Gasteiger partial charge in [0.2, 0.25) is 0 Å². The molecule has 0 nitrogen and oxygen atoms in total. The van der Waals surface area contributed by atoms with Crippen molar-refractivity contribution in [3.05, 3.63) is 12.2 Å². The van der Waals surface area contributed by atoms with Crippen LogP contribution in [0.5, 0.6) is 0 Å². The van der Waals surface area contributed by atoms with E-state index in [1.54, 1.807) is 0 Å². The largest absolute Gasteiger partial charge is 0.0877 e. The van der Waals surface area contributed by atoms with E-state index in [0.29, 0.717) is 5.41 Å². The van der Waals surface area contributed by atoms with Crippen molar-refractivity contribution in [2.75, 3.05) is 0 Å². The molecule has 0 aromatic rings. The third kappa shape index (κ3) is 2.36. The molecule has 0 saturated heterocycles. The first-order valence-corrected chi connectivity index (χ1v) is 5.22. The Hall–Kier alpha value is -0.260. The molecule has 0 bridgehead atoms. The van der Waals surface area contributed by atoms with E-state index in [-0.39, 0.29) is 0 Å². The highest BCUT2D eigenvalue weighted by Crippen LogP contribution is 2.38. The van der Waals surface area contributed by atoms with Crippen LogP contribution in [0.25, 0.3) is 0 Å². The zero-order chi connectivity index (χ0) is 9.19. The van der Waals surface area contributed by atoms with Crippen LogP contribution in [0.15, 0.2) is 12.2 Å². The Morgan fingerprint density at radius 3 is 2.67 bits per heavy atom. The Balaban J connectivity index is 2.58. The summed E-state index contributed by atoms with van der Waals surface area (Å²) in [6.45, 7) is 9.42. The topological polar surface area (TPSA) is 0 Å². The van der Waals surface area contributed by atoms with Gasteiger partial charge >= 0.3 is 0 Å². The molecular formula is C12H22. The quantitative estimate of drug-likeness (QED) is 0.543. The van der Waals surface area contributed by atoms with Gasteiger partial charge < -0.3 is 0 Å². The van der Waals surface area contributed by atoms with Crippen LogP contribution < -0.4 is 0 Å². The summed E-state index contributed by atoms with van der Waals surface area (Å²) in [5.41, 5.74) is 0.544. The van der Waals surface area contributed by atoms with Crippen molar-refractivity contribution in [2.45, 2.75) is 47.0 Å². The van der Waals surface area contributed by atoms with Gasteiger partial charge in [0.15, 0.2) is 0 Å². The smallest absolute Gasteiger partial charge is 0.0203 e. The molecule has 1 rings (SSSR count). The monoisotopic (exact) mass is 166 g/mol. The first kappa shape index (κ1) is 9.83. The maximum atomic E-state index is 2.43. The highest BCUT2D eigenvalue weighted by Gasteiger charge is 2.26. The lowest BCUT2D eigenvalue weighted by Crippen LogP contribution is -2.22. The minimum atomic E-state index is 0.544. The molecule has 0 heterocycles. The van der Waals surface area contributed by atoms with E-state index in [0.717, 1.165) is 11.8 Å². The fourth-order valence-electron chi connectivity index (χ4n) is 2.04. The molecule has 70 valence electrons. The lowest BCUT2D eigenvalue weighted by molar-refractivity contribution is 0.233. The SMILES string of the molecule is CCC(C)C1C=CCC(C)(C)C1. The van der Waals surface area contributed by atoms with Gasteiger partial charge in [-0.3, -0.25) is 0 Å². The van der Waals surface area contributed by atoms with Crippen LogP contribution in [0.1, 0.15) is 47.0 Å². The molecule has 0 fully saturated rings. The maximum Gasteiger partial charge on any atom is -0.0203 e. The number of allylic oxidation sites excluding steroid dienone is 2. The van der Waals surface area contributed by atoms with Gasteiger partial charge in [-0.15, -0.1) is 0 Å². The van der Waals surface area contributed by atoms with Crippen LogP contribution in [0, 0.1) is 17.3 Å². The molecule has 0 saturated carbocycles. The van der Waals surface area contributed by atoms with Crippen LogP contribution in [-0.4, -0.2) is 0 Å². The van der Waals surface area contributed by atoms with Gasteiger partial charge in [-0.1, -0.05) is 46.3 Å². The highest BCUT2D eigenvalue weighted by atomic mass is 14.3. The van der Waals surface area contributed by atoms with E-state index in [1.807, 2.05) is 0 Å². The van der Waals surface area contributed by atoms with Crippen molar-refractivity contribution in [2.24, 2.45) is 17.3 Å². The van der Waals surface area contributed by atoms with Crippen LogP contribution >= 0.6 is 0 Å². The summed E-state index contributed by atoms with van der Waals surface area (Å²) < 4.78 is 0. The summed E-state index contributed by atoms with van der Waals surface area (Å²) in [5, 5.41) is 0. The summed E-state index contributed by atoms with van der Waals surface area (Å²) >= 11 is 0. The summed E-state index contributed by atoms with van der Waals surface area (Å²) in [4.78, 5) is 0. The summed E-state index contributed by atoms with van der Waals surface area (Å²) in [6, 6.07) is 0. The Kier molecular flexibility index (Phi) is 2.98. The molecule has 2 atom stereocenters. The zero-order valence-electron chi connectivity index (χ0n) is 8.93. The third-order valence-electron chi connectivity index (χ3n) is 3.22. The predicted molar refractivity (Wildman–Crippen MR) is 55.1 cm³/mol. The number of rotatable bonds is 2. The fourth-order valence-corrected chi connectivity index (χ4v) is 2.04. The molecule has 2 unspecified atom stereocenters.